The summed E-state index contributed by atoms with van der Waals surface area (Å²) in [6.07, 6.45) is -2.31. The van der Waals surface area contributed by atoms with E-state index in [1.54, 1.807) is 12.1 Å². The Morgan fingerprint density at radius 1 is 1.19 bits per heavy atom. The van der Waals surface area contributed by atoms with E-state index in [2.05, 4.69) is 21.6 Å². The van der Waals surface area contributed by atoms with E-state index >= 15 is 0 Å². The molecule has 0 atom stereocenters. The lowest BCUT2D eigenvalue weighted by molar-refractivity contribution is -0.274. The third-order valence-corrected chi connectivity index (χ3v) is 3.88. The summed E-state index contributed by atoms with van der Waals surface area (Å²) in [7, 11) is 4.09. The van der Waals surface area contributed by atoms with Crippen molar-refractivity contribution in [2.45, 2.75) is 19.2 Å². The van der Waals surface area contributed by atoms with Gasteiger partial charge in [0.1, 0.15) is 5.75 Å². The van der Waals surface area contributed by atoms with Crippen molar-refractivity contribution in [2.75, 3.05) is 38.6 Å². The molecule has 118 valence electrons. The zero-order chi connectivity index (χ0) is 15.5. The molecule has 2 rings (SSSR count). The molecule has 0 aliphatic carbocycles. The van der Waals surface area contributed by atoms with Gasteiger partial charge in [0, 0.05) is 19.3 Å². The molecule has 0 radical (unpaired) electrons. The van der Waals surface area contributed by atoms with Gasteiger partial charge in [-0.3, -0.25) is 0 Å². The fourth-order valence-electron chi connectivity index (χ4n) is 2.64. The number of benzene rings is 1. The van der Waals surface area contributed by atoms with Crippen LogP contribution in [0.3, 0.4) is 0 Å². The highest BCUT2D eigenvalue weighted by Gasteiger charge is 2.31. The Bertz CT molecular complexity index is 439. The molecule has 0 spiro atoms. The van der Waals surface area contributed by atoms with Crippen LogP contribution in [0.1, 0.15) is 12.8 Å². The lowest BCUT2D eigenvalue weighted by atomic mass is 9.96. The summed E-state index contributed by atoms with van der Waals surface area (Å²) >= 11 is 0. The lowest BCUT2D eigenvalue weighted by Gasteiger charge is -2.32. The maximum absolute atomic E-state index is 12.1. The van der Waals surface area contributed by atoms with E-state index in [1.807, 2.05) is 7.05 Å². The van der Waals surface area contributed by atoms with Crippen molar-refractivity contribution in [1.82, 2.24) is 4.90 Å². The number of piperidine rings is 1. The van der Waals surface area contributed by atoms with Crippen LogP contribution < -0.4 is 9.64 Å². The average Bonchev–Trinajstić information content (AvgIpc) is 2.40. The molecule has 1 aromatic rings. The molecule has 0 saturated carbocycles. The molecule has 1 heterocycles. The van der Waals surface area contributed by atoms with Crippen LogP contribution in [0, 0.1) is 5.92 Å². The summed E-state index contributed by atoms with van der Waals surface area (Å²) in [5.74, 6) is 0.455. The number of hydrogen-bond donors (Lipinski definition) is 0. The topological polar surface area (TPSA) is 15.7 Å². The third kappa shape index (κ3) is 5.12. The number of halogens is 3. The van der Waals surface area contributed by atoms with E-state index in [-0.39, 0.29) is 5.75 Å². The van der Waals surface area contributed by atoms with Gasteiger partial charge in [0.05, 0.1) is 0 Å². The normalized spacial score (nSPS) is 17.8. The fraction of sp³-hybridized carbons (Fsp3) is 0.600. The monoisotopic (exact) mass is 302 g/mol. The summed E-state index contributed by atoms with van der Waals surface area (Å²) in [6, 6.07) is 6.04. The Kier molecular flexibility index (Phi) is 4.98. The van der Waals surface area contributed by atoms with Gasteiger partial charge < -0.3 is 14.5 Å². The number of ether oxygens (including phenoxy) is 1. The van der Waals surface area contributed by atoms with Crippen LogP contribution >= 0.6 is 0 Å². The molecule has 0 unspecified atom stereocenters. The van der Waals surface area contributed by atoms with Gasteiger partial charge in [-0.05, 0) is 63.2 Å². The van der Waals surface area contributed by atoms with Crippen LogP contribution in [0.5, 0.6) is 5.75 Å². The van der Waals surface area contributed by atoms with Gasteiger partial charge >= 0.3 is 6.36 Å². The summed E-state index contributed by atoms with van der Waals surface area (Å²) in [5.41, 5.74) is 0.906. The second kappa shape index (κ2) is 6.56. The number of alkyl halides is 3. The molecule has 3 nitrogen and oxygen atoms in total. The minimum atomic E-state index is -4.64. The van der Waals surface area contributed by atoms with Gasteiger partial charge in [0.25, 0.3) is 0 Å². The smallest absolute Gasteiger partial charge is 0.406 e. The Balaban J connectivity index is 1.89. The first-order valence-corrected chi connectivity index (χ1v) is 7.09. The minimum Gasteiger partial charge on any atom is -0.406 e. The molecule has 1 aliphatic heterocycles. The SMILES string of the molecule is CN1CCC(CN(C)c2ccc(OC(F)(F)F)cc2)CC1. The zero-order valence-electron chi connectivity index (χ0n) is 12.4. The van der Waals surface area contributed by atoms with Crippen LogP contribution in [-0.2, 0) is 0 Å². The highest BCUT2D eigenvalue weighted by atomic mass is 19.4. The average molecular weight is 302 g/mol. The van der Waals surface area contributed by atoms with Crippen LogP contribution in [0.2, 0.25) is 0 Å². The summed E-state index contributed by atoms with van der Waals surface area (Å²) in [6.45, 7) is 3.14. The highest BCUT2D eigenvalue weighted by Crippen LogP contribution is 2.26. The van der Waals surface area contributed by atoms with Gasteiger partial charge in [-0.1, -0.05) is 0 Å². The van der Waals surface area contributed by atoms with Crippen LogP contribution in [0.25, 0.3) is 0 Å². The molecule has 1 aromatic carbocycles. The van der Waals surface area contributed by atoms with Crippen molar-refractivity contribution in [1.29, 1.82) is 0 Å². The van der Waals surface area contributed by atoms with Gasteiger partial charge in [-0.15, -0.1) is 13.2 Å². The standard InChI is InChI=1S/C15H21F3N2O/c1-19-9-7-12(8-10-19)11-20(2)13-3-5-14(6-4-13)21-15(16,17)18/h3-6,12H,7-11H2,1-2H3. The highest BCUT2D eigenvalue weighted by molar-refractivity contribution is 5.48. The van der Waals surface area contributed by atoms with Crippen LogP contribution in [0.15, 0.2) is 24.3 Å². The maximum atomic E-state index is 12.1. The van der Waals surface area contributed by atoms with Gasteiger partial charge in [0.2, 0.25) is 0 Å². The van der Waals surface area contributed by atoms with E-state index < -0.39 is 6.36 Å². The number of nitrogens with zero attached hydrogens (tertiary/aromatic N) is 2. The number of rotatable bonds is 4. The first-order chi connectivity index (χ1) is 9.83. The first-order valence-electron chi connectivity index (χ1n) is 7.09. The Morgan fingerprint density at radius 2 is 1.76 bits per heavy atom. The Morgan fingerprint density at radius 3 is 2.29 bits per heavy atom. The quantitative estimate of drug-likeness (QED) is 0.848. The Labute approximate surface area is 123 Å². The van der Waals surface area contributed by atoms with E-state index in [9.17, 15) is 13.2 Å². The van der Waals surface area contributed by atoms with Crippen molar-refractivity contribution < 1.29 is 17.9 Å². The van der Waals surface area contributed by atoms with Crippen molar-refractivity contribution in [3.63, 3.8) is 0 Å². The predicted octanol–water partition coefficient (Wildman–Crippen LogP) is 3.36. The van der Waals surface area contributed by atoms with E-state index in [0.29, 0.717) is 5.92 Å². The Hall–Kier alpha value is -1.43. The van der Waals surface area contributed by atoms with E-state index in [1.165, 1.54) is 12.1 Å². The maximum Gasteiger partial charge on any atom is 0.573 e. The predicted molar refractivity (Wildman–Crippen MR) is 76.6 cm³/mol. The van der Waals surface area contributed by atoms with Crippen LogP contribution in [0.4, 0.5) is 18.9 Å². The fourth-order valence-corrected chi connectivity index (χ4v) is 2.64. The molecular weight excluding hydrogens is 281 g/mol. The molecule has 21 heavy (non-hydrogen) atoms. The second-order valence-corrected chi connectivity index (χ2v) is 5.67. The molecular formula is C15H21F3N2O. The molecule has 1 aliphatic rings. The van der Waals surface area contributed by atoms with E-state index in [0.717, 1.165) is 38.2 Å². The molecule has 6 heteroatoms. The minimum absolute atomic E-state index is 0.182. The van der Waals surface area contributed by atoms with Crippen molar-refractivity contribution >= 4 is 5.69 Å². The number of likely N-dealkylation sites (tertiary alicyclic amines) is 1. The lowest BCUT2D eigenvalue weighted by Crippen LogP contribution is -2.35. The van der Waals surface area contributed by atoms with Crippen molar-refractivity contribution in [3.05, 3.63) is 24.3 Å². The molecule has 0 N–H and O–H groups in total. The summed E-state index contributed by atoms with van der Waals surface area (Å²) in [5, 5.41) is 0. The third-order valence-electron chi connectivity index (χ3n) is 3.88. The zero-order valence-corrected chi connectivity index (χ0v) is 12.4. The van der Waals surface area contributed by atoms with Crippen molar-refractivity contribution in [2.24, 2.45) is 5.92 Å². The molecule has 0 amide bonds. The van der Waals surface area contributed by atoms with Gasteiger partial charge in [0.15, 0.2) is 0 Å². The van der Waals surface area contributed by atoms with Crippen molar-refractivity contribution in [3.8, 4) is 5.75 Å². The largest absolute Gasteiger partial charge is 0.573 e. The number of hydrogen-bond acceptors (Lipinski definition) is 3. The van der Waals surface area contributed by atoms with Gasteiger partial charge in [-0.25, -0.2) is 0 Å². The second-order valence-electron chi connectivity index (χ2n) is 5.67. The van der Waals surface area contributed by atoms with Crippen LogP contribution in [-0.4, -0.2) is 45.0 Å². The molecule has 0 bridgehead atoms. The first kappa shape index (κ1) is 15.9. The molecule has 1 saturated heterocycles. The number of anilines is 1. The molecule has 1 fully saturated rings. The van der Waals surface area contributed by atoms with Gasteiger partial charge in [-0.2, -0.15) is 0 Å². The molecule has 0 aromatic heterocycles. The van der Waals surface area contributed by atoms with E-state index in [4.69, 9.17) is 0 Å². The summed E-state index contributed by atoms with van der Waals surface area (Å²) in [4.78, 5) is 4.41. The summed E-state index contributed by atoms with van der Waals surface area (Å²) < 4.78 is 40.2.